The van der Waals surface area contributed by atoms with Crippen molar-refractivity contribution in [1.82, 2.24) is 5.32 Å². The molecule has 2 rings (SSSR count). The molecule has 0 aliphatic heterocycles. The second-order valence-electron chi connectivity index (χ2n) is 5.75. The molecule has 0 radical (unpaired) electrons. The number of nitrogens with one attached hydrogen (secondary N) is 2. The highest BCUT2D eigenvalue weighted by Gasteiger charge is 2.14. The summed E-state index contributed by atoms with van der Waals surface area (Å²) in [6.45, 7) is 0.508. The molecular weight excluding hydrogens is 366 g/mol. The third-order valence-corrected chi connectivity index (χ3v) is 4.03. The second kappa shape index (κ2) is 10.0. The number of carbonyl (C=O) groups excluding carboxylic acids is 1. The molecule has 0 fully saturated rings. The number of carbonyl (C=O) groups is 1. The summed E-state index contributed by atoms with van der Waals surface area (Å²) >= 11 is 0. The average molecular weight is 389 g/mol. The molecule has 0 aliphatic carbocycles. The molecule has 0 spiro atoms. The Kier molecular flexibility index (Phi) is 7.44. The molecule has 28 heavy (non-hydrogen) atoms. The zero-order chi connectivity index (χ0) is 20.5. The zero-order valence-electron chi connectivity index (χ0n) is 16.0. The maximum absolute atomic E-state index is 12.1. The lowest BCUT2D eigenvalue weighted by Crippen LogP contribution is -2.25. The van der Waals surface area contributed by atoms with Crippen LogP contribution in [-0.2, 0) is 11.3 Å². The van der Waals surface area contributed by atoms with Gasteiger partial charge in [0.15, 0.2) is 11.5 Å². The molecule has 0 heterocycles. The number of rotatable bonds is 10. The van der Waals surface area contributed by atoms with E-state index in [0.29, 0.717) is 22.9 Å². The summed E-state index contributed by atoms with van der Waals surface area (Å²) in [5, 5.41) is 16.7. The number of methoxy groups -OCH3 is 3. The Morgan fingerprint density at radius 1 is 1.04 bits per heavy atom. The van der Waals surface area contributed by atoms with Crippen molar-refractivity contribution in [2.24, 2.45) is 0 Å². The molecule has 2 aromatic rings. The Morgan fingerprint density at radius 2 is 1.68 bits per heavy atom. The van der Waals surface area contributed by atoms with E-state index in [9.17, 15) is 14.9 Å². The Morgan fingerprint density at radius 3 is 2.32 bits per heavy atom. The van der Waals surface area contributed by atoms with Crippen molar-refractivity contribution in [2.45, 2.75) is 13.0 Å². The van der Waals surface area contributed by atoms with Gasteiger partial charge in [0, 0.05) is 37.2 Å². The smallest absolute Gasteiger partial charge is 0.292 e. The Hall–Kier alpha value is -3.49. The largest absolute Gasteiger partial charge is 0.496 e. The van der Waals surface area contributed by atoms with Gasteiger partial charge in [-0.25, -0.2) is 0 Å². The lowest BCUT2D eigenvalue weighted by atomic mass is 10.1. The van der Waals surface area contributed by atoms with Crippen molar-refractivity contribution in [3.8, 4) is 17.2 Å². The summed E-state index contributed by atoms with van der Waals surface area (Å²) in [5.74, 6) is 1.42. The highest BCUT2D eigenvalue weighted by atomic mass is 16.6. The first-order chi connectivity index (χ1) is 13.5. The van der Waals surface area contributed by atoms with E-state index in [1.54, 1.807) is 30.3 Å². The number of anilines is 1. The molecule has 0 bridgehead atoms. The molecule has 2 aromatic carbocycles. The van der Waals surface area contributed by atoms with Gasteiger partial charge < -0.3 is 24.8 Å². The topological polar surface area (TPSA) is 112 Å². The van der Waals surface area contributed by atoms with Crippen molar-refractivity contribution in [3.63, 3.8) is 0 Å². The first kappa shape index (κ1) is 20.8. The second-order valence-corrected chi connectivity index (χ2v) is 5.75. The van der Waals surface area contributed by atoms with E-state index in [2.05, 4.69) is 10.6 Å². The van der Waals surface area contributed by atoms with Crippen LogP contribution in [0.3, 0.4) is 0 Å². The highest BCUT2D eigenvalue weighted by Crippen LogP contribution is 2.34. The number of hydrogen-bond acceptors (Lipinski definition) is 7. The molecule has 0 aliphatic rings. The molecule has 2 N–H and O–H groups in total. The number of ether oxygens (including phenoxy) is 3. The van der Waals surface area contributed by atoms with Gasteiger partial charge in [-0.3, -0.25) is 14.9 Å². The normalized spacial score (nSPS) is 10.1. The number of amides is 1. The minimum absolute atomic E-state index is 0.0297. The van der Waals surface area contributed by atoms with E-state index in [0.717, 1.165) is 5.56 Å². The average Bonchev–Trinajstić information content (AvgIpc) is 2.71. The fourth-order valence-corrected chi connectivity index (χ4v) is 2.61. The summed E-state index contributed by atoms with van der Waals surface area (Å²) in [7, 11) is 4.59. The van der Waals surface area contributed by atoms with Crippen molar-refractivity contribution in [1.29, 1.82) is 0 Å². The van der Waals surface area contributed by atoms with Crippen molar-refractivity contribution in [2.75, 3.05) is 33.2 Å². The van der Waals surface area contributed by atoms with Crippen LogP contribution in [0.4, 0.5) is 11.4 Å². The van der Waals surface area contributed by atoms with E-state index in [-0.39, 0.29) is 31.1 Å². The minimum atomic E-state index is -0.467. The van der Waals surface area contributed by atoms with Crippen LogP contribution in [0.1, 0.15) is 12.0 Å². The number of nitrogens with zero attached hydrogens (tertiary/aromatic N) is 1. The molecule has 0 saturated heterocycles. The van der Waals surface area contributed by atoms with Gasteiger partial charge in [-0.15, -0.1) is 0 Å². The Bertz CT molecular complexity index is 840. The Balaban J connectivity index is 1.92. The lowest BCUT2D eigenvalue weighted by Gasteiger charge is -2.14. The molecule has 150 valence electrons. The third kappa shape index (κ3) is 5.26. The number of nitro groups is 1. The zero-order valence-corrected chi connectivity index (χ0v) is 16.0. The van der Waals surface area contributed by atoms with Crippen molar-refractivity contribution < 1.29 is 23.9 Å². The van der Waals surface area contributed by atoms with E-state index < -0.39 is 4.92 Å². The molecule has 0 atom stereocenters. The van der Waals surface area contributed by atoms with Crippen LogP contribution in [0.25, 0.3) is 0 Å². The molecule has 1 amide bonds. The maximum Gasteiger partial charge on any atom is 0.292 e. The summed E-state index contributed by atoms with van der Waals surface area (Å²) in [5.41, 5.74) is 1.08. The minimum Gasteiger partial charge on any atom is -0.496 e. The summed E-state index contributed by atoms with van der Waals surface area (Å²) in [6.07, 6.45) is 0.154. The van der Waals surface area contributed by atoms with E-state index in [1.807, 2.05) is 0 Å². The van der Waals surface area contributed by atoms with Gasteiger partial charge >= 0.3 is 0 Å². The number of hydrogen-bond donors (Lipinski definition) is 2. The van der Waals surface area contributed by atoms with Gasteiger partial charge in [0.25, 0.3) is 5.69 Å². The van der Waals surface area contributed by atoms with Gasteiger partial charge in [-0.1, -0.05) is 12.1 Å². The predicted molar refractivity (Wildman–Crippen MR) is 104 cm³/mol. The monoisotopic (exact) mass is 389 g/mol. The van der Waals surface area contributed by atoms with E-state index in [4.69, 9.17) is 14.2 Å². The van der Waals surface area contributed by atoms with Gasteiger partial charge in [-0.2, -0.15) is 0 Å². The van der Waals surface area contributed by atoms with Crippen LogP contribution in [0.5, 0.6) is 17.2 Å². The fourth-order valence-electron chi connectivity index (χ4n) is 2.61. The number of nitro benzene ring substituents is 1. The summed E-state index contributed by atoms with van der Waals surface area (Å²) in [6, 6.07) is 9.72. The van der Waals surface area contributed by atoms with Crippen molar-refractivity contribution in [3.05, 3.63) is 52.1 Å². The molecule has 9 nitrogen and oxygen atoms in total. The quantitative estimate of drug-likeness (QED) is 0.475. The van der Waals surface area contributed by atoms with Crippen LogP contribution >= 0.6 is 0 Å². The van der Waals surface area contributed by atoms with Crippen LogP contribution in [0, 0.1) is 10.1 Å². The van der Waals surface area contributed by atoms with Crippen LogP contribution < -0.4 is 24.8 Å². The van der Waals surface area contributed by atoms with E-state index in [1.165, 1.54) is 27.4 Å². The van der Waals surface area contributed by atoms with Gasteiger partial charge in [0.2, 0.25) is 5.91 Å². The highest BCUT2D eigenvalue weighted by molar-refractivity contribution is 5.76. The maximum atomic E-state index is 12.1. The Labute approximate surface area is 162 Å². The first-order valence-corrected chi connectivity index (χ1v) is 8.53. The molecule has 0 aromatic heterocycles. The summed E-state index contributed by atoms with van der Waals surface area (Å²) < 4.78 is 15.8. The SMILES string of the molecule is COc1cc(OC)c(OC)cc1CNC(=O)CCNc1ccccc1[N+](=O)[O-]. The number of para-hydroxylation sites is 2. The van der Waals surface area contributed by atoms with Crippen LogP contribution in [-0.4, -0.2) is 38.7 Å². The number of benzene rings is 2. The lowest BCUT2D eigenvalue weighted by molar-refractivity contribution is -0.384. The van der Waals surface area contributed by atoms with Crippen LogP contribution in [0.2, 0.25) is 0 Å². The van der Waals surface area contributed by atoms with E-state index >= 15 is 0 Å². The van der Waals surface area contributed by atoms with Gasteiger partial charge in [-0.05, 0) is 12.1 Å². The third-order valence-electron chi connectivity index (χ3n) is 4.03. The standard InChI is InChI=1S/C19H23N3O6/c1-26-16-11-18(28-3)17(27-2)10-13(16)12-21-19(23)8-9-20-14-6-4-5-7-15(14)22(24)25/h4-7,10-11,20H,8-9,12H2,1-3H3,(H,21,23). The fraction of sp³-hybridized carbons (Fsp3) is 0.316. The van der Waals surface area contributed by atoms with Gasteiger partial charge in [0.1, 0.15) is 11.4 Å². The molecule has 0 saturated carbocycles. The first-order valence-electron chi connectivity index (χ1n) is 8.53. The molecular formula is C19H23N3O6. The summed E-state index contributed by atoms with van der Waals surface area (Å²) in [4.78, 5) is 22.6. The van der Waals surface area contributed by atoms with Crippen molar-refractivity contribution >= 4 is 17.3 Å². The molecule has 0 unspecified atom stereocenters. The molecule has 9 heteroatoms. The van der Waals surface area contributed by atoms with Crippen LogP contribution in [0.15, 0.2) is 36.4 Å². The predicted octanol–water partition coefficient (Wildman–Crippen LogP) is 2.74. The van der Waals surface area contributed by atoms with Gasteiger partial charge in [0.05, 0.1) is 26.3 Å².